The van der Waals surface area contributed by atoms with Crippen LogP contribution in [0.2, 0.25) is 5.02 Å². The average Bonchev–Trinajstić information content (AvgIpc) is 2.20. The summed E-state index contributed by atoms with van der Waals surface area (Å²) >= 11 is 14.7. The van der Waals surface area contributed by atoms with Crippen LogP contribution in [-0.4, -0.2) is 30.0 Å². The number of benzene rings is 1. The largest absolute Gasteiger partial charge is 0.401 e. The molecule has 0 spiro atoms. The zero-order chi connectivity index (χ0) is 13.8. The fraction of sp³-hybridized carbons (Fsp3) is 0.455. The Morgan fingerprint density at radius 1 is 1.28 bits per heavy atom. The fourth-order valence-corrected chi connectivity index (χ4v) is 2.45. The number of halogens is 6. The number of alkyl halides is 4. The van der Waals surface area contributed by atoms with Gasteiger partial charge in [0.2, 0.25) is 0 Å². The van der Waals surface area contributed by atoms with Crippen LogP contribution < -0.4 is 0 Å². The summed E-state index contributed by atoms with van der Waals surface area (Å²) in [6.07, 6.45) is -4.24. The predicted molar refractivity (Wildman–Crippen MR) is 71.2 cm³/mol. The van der Waals surface area contributed by atoms with Gasteiger partial charge < -0.3 is 0 Å². The van der Waals surface area contributed by atoms with Gasteiger partial charge in [-0.1, -0.05) is 33.6 Å². The Morgan fingerprint density at radius 2 is 1.94 bits per heavy atom. The van der Waals surface area contributed by atoms with E-state index in [-0.39, 0.29) is 19.0 Å². The smallest absolute Gasteiger partial charge is 0.289 e. The van der Waals surface area contributed by atoms with E-state index < -0.39 is 12.7 Å². The van der Waals surface area contributed by atoms with Gasteiger partial charge in [-0.25, -0.2) is 0 Å². The maximum absolute atomic E-state index is 12.4. The van der Waals surface area contributed by atoms with Gasteiger partial charge in [0.05, 0.1) is 6.54 Å². The Hall–Kier alpha value is 0.0300. The van der Waals surface area contributed by atoms with E-state index in [1.807, 2.05) is 0 Å². The maximum Gasteiger partial charge on any atom is 0.401 e. The molecule has 1 aromatic carbocycles. The van der Waals surface area contributed by atoms with Crippen LogP contribution >= 0.6 is 39.1 Å². The van der Waals surface area contributed by atoms with Crippen LogP contribution in [0.1, 0.15) is 5.56 Å². The van der Waals surface area contributed by atoms with E-state index in [0.29, 0.717) is 10.6 Å². The van der Waals surface area contributed by atoms with Gasteiger partial charge in [0, 0.05) is 28.5 Å². The summed E-state index contributed by atoms with van der Waals surface area (Å²) in [4.78, 5) is 1.22. The monoisotopic (exact) mass is 363 g/mol. The molecule has 0 unspecified atom stereocenters. The summed E-state index contributed by atoms with van der Waals surface area (Å²) in [5.74, 6) is 0.143. The van der Waals surface area contributed by atoms with Gasteiger partial charge in [0.25, 0.3) is 0 Å². The molecule has 1 nitrogen and oxygen atoms in total. The van der Waals surface area contributed by atoms with E-state index in [2.05, 4.69) is 15.9 Å². The third-order valence-corrected chi connectivity index (χ3v) is 3.23. The zero-order valence-electron chi connectivity index (χ0n) is 9.28. The number of rotatable bonds is 5. The van der Waals surface area contributed by atoms with Crippen molar-refractivity contribution >= 4 is 39.1 Å². The molecule has 0 aliphatic carbocycles. The van der Waals surface area contributed by atoms with Gasteiger partial charge in [0.15, 0.2) is 0 Å². The minimum atomic E-state index is -4.24. The number of hydrogen-bond acceptors (Lipinski definition) is 1. The lowest BCUT2D eigenvalue weighted by Gasteiger charge is -2.23. The first kappa shape index (κ1) is 16.1. The van der Waals surface area contributed by atoms with Gasteiger partial charge in [0.1, 0.15) is 0 Å². The molecule has 7 heteroatoms. The Kier molecular flexibility index (Phi) is 6.24. The molecule has 0 saturated carbocycles. The maximum atomic E-state index is 12.4. The normalized spacial score (nSPS) is 12.2. The molecule has 0 heterocycles. The van der Waals surface area contributed by atoms with Crippen molar-refractivity contribution in [3.8, 4) is 0 Å². The second-order valence-corrected chi connectivity index (χ2v) is 5.45. The second-order valence-electron chi connectivity index (χ2n) is 3.75. The topological polar surface area (TPSA) is 3.24 Å². The SMILES string of the molecule is FC(F)(F)CN(CCCl)Cc1ccc(Br)cc1Cl. The van der Waals surface area contributed by atoms with Gasteiger partial charge in [-0.15, -0.1) is 11.6 Å². The molecular formula is C11H11BrCl2F3N. The van der Waals surface area contributed by atoms with Crippen molar-refractivity contribution in [3.63, 3.8) is 0 Å². The van der Waals surface area contributed by atoms with Gasteiger partial charge in [-0.2, -0.15) is 13.2 Å². The third kappa shape index (κ3) is 5.78. The van der Waals surface area contributed by atoms with Crippen LogP contribution in [0.4, 0.5) is 13.2 Å². The standard InChI is InChI=1S/C11H11BrCl2F3N/c12-9-2-1-8(10(14)5-9)6-18(4-3-13)7-11(15,16)17/h1-2,5H,3-4,6-7H2. The lowest BCUT2D eigenvalue weighted by molar-refractivity contribution is -0.146. The molecule has 0 N–H and O–H groups in total. The minimum Gasteiger partial charge on any atom is -0.289 e. The van der Waals surface area contributed by atoms with Crippen LogP contribution in [0.25, 0.3) is 0 Å². The van der Waals surface area contributed by atoms with Gasteiger partial charge >= 0.3 is 6.18 Å². The van der Waals surface area contributed by atoms with E-state index in [1.165, 1.54) is 4.90 Å². The molecule has 0 aromatic heterocycles. The summed E-state index contributed by atoms with van der Waals surface area (Å²) in [6, 6.07) is 5.10. The summed E-state index contributed by atoms with van der Waals surface area (Å²) in [6.45, 7) is -0.710. The fourth-order valence-electron chi connectivity index (χ4n) is 1.48. The van der Waals surface area contributed by atoms with Crippen molar-refractivity contribution in [2.24, 2.45) is 0 Å². The molecule has 0 fully saturated rings. The summed E-state index contributed by atoms with van der Waals surface area (Å²) < 4.78 is 37.9. The Balaban J connectivity index is 2.76. The van der Waals surface area contributed by atoms with Crippen LogP contribution in [0, 0.1) is 0 Å². The molecule has 18 heavy (non-hydrogen) atoms. The van der Waals surface area contributed by atoms with E-state index in [0.717, 1.165) is 4.47 Å². The van der Waals surface area contributed by atoms with Crippen LogP contribution in [-0.2, 0) is 6.54 Å². The van der Waals surface area contributed by atoms with Crippen LogP contribution in [0.15, 0.2) is 22.7 Å². The Morgan fingerprint density at radius 3 is 2.44 bits per heavy atom. The van der Waals surface area contributed by atoms with Crippen molar-refractivity contribution in [1.29, 1.82) is 0 Å². The highest BCUT2D eigenvalue weighted by atomic mass is 79.9. The lowest BCUT2D eigenvalue weighted by atomic mass is 10.2. The number of hydrogen-bond donors (Lipinski definition) is 0. The summed E-state index contributed by atoms with van der Waals surface area (Å²) in [5.41, 5.74) is 0.647. The molecule has 1 aromatic rings. The zero-order valence-corrected chi connectivity index (χ0v) is 12.4. The molecule has 0 aliphatic heterocycles. The highest BCUT2D eigenvalue weighted by Crippen LogP contribution is 2.24. The lowest BCUT2D eigenvalue weighted by Crippen LogP contribution is -2.35. The highest BCUT2D eigenvalue weighted by Gasteiger charge is 2.30. The van der Waals surface area contributed by atoms with Gasteiger partial charge in [-0.3, -0.25) is 4.90 Å². The van der Waals surface area contributed by atoms with Gasteiger partial charge in [-0.05, 0) is 17.7 Å². The quantitative estimate of drug-likeness (QED) is 0.684. The Labute approximate surface area is 122 Å². The first-order valence-corrected chi connectivity index (χ1v) is 6.81. The van der Waals surface area contributed by atoms with E-state index >= 15 is 0 Å². The average molecular weight is 365 g/mol. The molecule has 1 rings (SSSR count). The second kappa shape index (κ2) is 6.98. The molecule has 102 valence electrons. The number of nitrogens with zero attached hydrogens (tertiary/aromatic N) is 1. The van der Waals surface area contributed by atoms with Crippen molar-refractivity contribution in [3.05, 3.63) is 33.3 Å². The molecule has 0 atom stereocenters. The molecule has 0 bridgehead atoms. The van der Waals surface area contributed by atoms with Crippen molar-refractivity contribution in [2.75, 3.05) is 19.0 Å². The predicted octanol–water partition coefficient (Wildman–Crippen LogP) is 4.71. The van der Waals surface area contributed by atoms with E-state index in [1.54, 1.807) is 18.2 Å². The Bertz CT molecular complexity index is 398. The molecule has 0 radical (unpaired) electrons. The van der Waals surface area contributed by atoms with E-state index in [9.17, 15) is 13.2 Å². The third-order valence-electron chi connectivity index (χ3n) is 2.21. The van der Waals surface area contributed by atoms with Crippen molar-refractivity contribution in [1.82, 2.24) is 4.90 Å². The van der Waals surface area contributed by atoms with Crippen molar-refractivity contribution < 1.29 is 13.2 Å². The summed E-state index contributed by atoms with van der Waals surface area (Å²) in [7, 11) is 0. The minimum absolute atomic E-state index is 0.123. The highest BCUT2D eigenvalue weighted by molar-refractivity contribution is 9.10. The molecule has 0 aliphatic rings. The van der Waals surface area contributed by atoms with Crippen LogP contribution in [0.3, 0.4) is 0 Å². The molecular weight excluding hydrogens is 354 g/mol. The molecule has 0 saturated heterocycles. The molecule has 0 amide bonds. The first-order chi connectivity index (χ1) is 8.31. The van der Waals surface area contributed by atoms with Crippen LogP contribution in [0.5, 0.6) is 0 Å². The summed E-state index contributed by atoms with van der Waals surface area (Å²) in [5, 5.41) is 0.436. The first-order valence-electron chi connectivity index (χ1n) is 5.11. The van der Waals surface area contributed by atoms with Crippen molar-refractivity contribution in [2.45, 2.75) is 12.7 Å². The van der Waals surface area contributed by atoms with E-state index in [4.69, 9.17) is 23.2 Å².